The fourth-order valence-corrected chi connectivity index (χ4v) is 2.71. The van der Waals surface area contributed by atoms with Gasteiger partial charge < -0.3 is 14.2 Å². The number of fused-ring (bicyclic) bond motifs is 3. The van der Waals surface area contributed by atoms with E-state index in [-0.39, 0.29) is 12.9 Å². The Balaban J connectivity index is 1.71. The van der Waals surface area contributed by atoms with Crippen LogP contribution < -0.4 is 9.47 Å². The highest BCUT2D eigenvalue weighted by Crippen LogP contribution is 2.37. The third-order valence-corrected chi connectivity index (χ3v) is 3.71. The summed E-state index contributed by atoms with van der Waals surface area (Å²) in [7, 11) is 0. The zero-order chi connectivity index (χ0) is 14.4. The predicted molar refractivity (Wildman–Crippen MR) is 74.1 cm³/mol. The molecule has 0 fully saturated rings. The largest absolute Gasteiger partial charge is 0.454 e. The van der Waals surface area contributed by atoms with Crippen LogP contribution in [0.5, 0.6) is 11.5 Å². The van der Waals surface area contributed by atoms with Crippen molar-refractivity contribution >= 4 is 17.0 Å². The van der Waals surface area contributed by atoms with Crippen LogP contribution in [0, 0.1) is 0 Å². The molecule has 2 aromatic rings. The molecule has 0 N–H and O–H groups in total. The molecule has 0 aliphatic carbocycles. The Kier molecular flexibility index (Phi) is 2.63. The van der Waals surface area contributed by atoms with E-state index in [0.29, 0.717) is 19.7 Å². The summed E-state index contributed by atoms with van der Waals surface area (Å²) in [6, 6.07) is 5.86. The molecule has 0 radical (unpaired) electrons. The Morgan fingerprint density at radius 1 is 1.29 bits per heavy atom. The topological polar surface area (TPSA) is 60.9 Å². The summed E-state index contributed by atoms with van der Waals surface area (Å²) in [6.07, 6.45) is -0.297. The molecule has 4 rings (SSSR count). The average Bonchev–Trinajstić information content (AvgIpc) is 3.08. The van der Waals surface area contributed by atoms with Gasteiger partial charge in [0, 0.05) is 11.5 Å². The number of benzene rings is 1. The van der Waals surface area contributed by atoms with Gasteiger partial charge in [0.05, 0.1) is 30.9 Å². The van der Waals surface area contributed by atoms with Crippen molar-refractivity contribution in [2.45, 2.75) is 20.0 Å². The quantitative estimate of drug-likeness (QED) is 0.805. The van der Waals surface area contributed by atoms with E-state index in [1.807, 2.05) is 12.1 Å². The van der Waals surface area contributed by atoms with Crippen LogP contribution in [0.15, 0.2) is 18.2 Å². The second-order valence-corrected chi connectivity index (χ2v) is 5.05. The van der Waals surface area contributed by atoms with Gasteiger partial charge in [-0.3, -0.25) is 9.88 Å². The summed E-state index contributed by atoms with van der Waals surface area (Å²) in [5.74, 6) is 1.46. The van der Waals surface area contributed by atoms with Crippen LogP contribution in [0.4, 0.5) is 4.79 Å². The maximum absolute atomic E-state index is 11.8. The fourth-order valence-electron chi connectivity index (χ4n) is 2.71. The minimum atomic E-state index is -0.297. The number of hydrogen-bond acceptors (Lipinski definition) is 5. The van der Waals surface area contributed by atoms with Crippen molar-refractivity contribution in [2.75, 3.05) is 13.4 Å². The van der Waals surface area contributed by atoms with E-state index >= 15 is 0 Å². The van der Waals surface area contributed by atoms with E-state index in [1.165, 1.54) is 0 Å². The van der Waals surface area contributed by atoms with Crippen molar-refractivity contribution < 1.29 is 19.0 Å². The van der Waals surface area contributed by atoms with Crippen molar-refractivity contribution in [3.05, 3.63) is 29.5 Å². The Morgan fingerprint density at radius 3 is 2.90 bits per heavy atom. The molecule has 1 aromatic heterocycles. The monoisotopic (exact) mass is 286 g/mol. The van der Waals surface area contributed by atoms with E-state index in [1.54, 1.807) is 11.8 Å². The Bertz CT molecular complexity index is 692. The summed E-state index contributed by atoms with van der Waals surface area (Å²) >= 11 is 0. The first kappa shape index (κ1) is 12.3. The summed E-state index contributed by atoms with van der Waals surface area (Å²) in [6.45, 7) is 3.45. The Hall–Kier alpha value is -2.50. The normalized spacial score (nSPS) is 15.4. The number of pyridine rings is 1. The second-order valence-electron chi connectivity index (χ2n) is 5.05. The number of amides is 1. The van der Waals surface area contributed by atoms with E-state index in [9.17, 15) is 4.79 Å². The third-order valence-electron chi connectivity index (χ3n) is 3.71. The number of carbonyl (C=O) groups is 1. The van der Waals surface area contributed by atoms with Crippen molar-refractivity contribution in [3.63, 3.8) is 0 Å². The van der Waals surface area contributed by atoms with Crippen LogP contribution in [-0.4, -0.2) is 29.4 Å². The van der Waals surface area contributed by atoms with Gasteiger partial charge in [-0.25, -0.2) is 4.79 Å². The molecule has 0 bridgehead atoms. The number of ether oxygens (including phenoxy) is 3. The van der Waals surface area contributed by atoms with Crippen LogP contribution in [-0.2, 0) is 17.8 Å². The molecule has 2 aliphatic heterocycles. The Labute approximate surface area is 121 Å². The lowest BCUT2D eigenvalue weighted by atomic mass is 10.1. The highest BCUT2D eigenvalue weighted by atomic mass is 16.7. The van der Waals surface area contributed by atoms with Crippen molar-refractivity contribution in [1.29, 1.82) is 0 Å². The van der Waals surface area contributed by atoms with Gasteiger partial charge in [0.2, 0.25) is 6.79 Å². The number of hydrogen-bond donors (Lipinski definition) is 0. The third kappa shape index (κ3) is 1.94. The molecule has 0 saturated carbocycles. The number of carbonyl (C=O) groups excluding carboxylic acids is 1. The maximum Gasteiger partial charge on any atom is 0.410 e. The van der Waals surface area contributed by atoms with E-state index in [0.717, 1.165) is 33.7 Å². The van der Waals surface area contributed by atoms with Crippen LogP contribution in [0.3, 0.4) is 0 Å². The Morgan fingerprint density at radius 2 is 2.10 bits per heavy atom. The number of aromatic nitrogens is 1. The standard InChI is InChI=1S/C15H14N2O4/c1-2-19-15(18)17-6-10-3-9-4-13-14(21-8-20-13)5-11(9)16-12(10)7-17/h3-5H,2,6-8H2,1H3. The first-order valence-corrected chi connectivity index (χ1v) is 6.88. The summed E-state index contributed by atoms with van der Waals surface area (Å²) in [4.78, 5) is 18.1. The molecule has 0 atom stereocenters. The molecule has 0 spiro atoms. The average molecular weight is 286 g/mol. The molecule has 0 unspecified atom stereocenters. The lowest BCUT2D eigenvalue weighted by molar-refractivity contribution is 0.106. The SMILES string of the molecule is CCOC(=O)N1Cc2cc3cc4c(cc3nc2C1)OCO4. The molecule has 108 valence electrons. The fraction of sp³-hybridized carbons (Fsp3) is 0.333. The van der Waals surface area contributed by atoms with Gasteiger partial charge >= 0.3 is 6.09 Å². The van der Waals surface area contributed by atoms with Crippen molar-refractivity contribution in [2.24, 2.45) is 0 Å². The van der Waals surface area contributed by atoms with Gasteiger partial charge in [0.15, 0.2) is 11.5 Å². The molecule has 6 heteroatoms. The van der Waals surface area contributed by atoms with E-state index < -0.39 is 0 Å². The predicted octanol–water partition coefficient (Wildman–Crippen LogP) is 2.44. The minimum Gasteiger partial charge on any atom is -0.454 e. The minimum absolute atomic E-state index is 0.252. The zero-order valence-electron chi connectivity index (χ0n) is 11.6. The summed E-state index contributed by atoms with van der Waals surface area (Å²) < 4.78 is 15.8. The van der Waals surface area contributed by atoms with E-state index in [2.05, 4.69) is 11.1 Å². The molecule has 21 heavy (non-hydrogen) atoms. The highest BCUT2D eigenvalue weighted by Gasteiger charge is 2.26. The van der Waals surface area contributed by atoms with Gasteiger partial charge in [0.25, 0.3) is 0 Å². The van der Waals surface area contributed by atoms with Crippen molar-refractivity contribution in [3.8, 4) is 11.5 Å². The molecule has 6 nitrogen and oxygen atoms in total. The lowest BCUT2D eigenvalue weighted by Gasteiger charge is -2.13. The first-order chi connectivity index (χ1) is 10.2. The van der Waals surface area contributed by atoms with Gasteiger partial charge in [-0.1, -0.05) is 0 Å². The van der Waals surface area contributed by atoms with Gasteiger partial charge in [-0.2, -0.15) is 0 Å². The molecule has 0 saturated heterocycles. The van der Waals surface area contributed by atoms with Gasteiger partial charge in [0.1, 0.15) is 0 Å². The number of nitrogens with zero attached hydrogens (tertiary/aromatic N) is 2. The molecule has 1 aromatic carbocycles. The highest BCUT2D eigenvalue weighted by molar-refractivity contribution is 5.84. The van der Waals surface area contributed by atoms with Crippen LogP contribution >= 0.6 is 0 Å². The van der Waals surface area contributed by atoms with E-state index in [4.69, 9.17) is 14.2 Å². The molecule has 2 aliphatic rings. The molecular weight excluding hydrogens is 272 g/mol. The van der Waals surface area contributed by atoms with Crippen LogP contribution in [0.2, 0.25) is 0 Å². The van der Waals surface area contributed by atoms with Gasteiger partial charge in [-0.15, -0.1) is 0 Å². The van der Waals surface area contributed by atoms with Crippen LogP contribution in [0.1, 0.15) is 18.2 Å². The van der Waals surface area contributed by atoms with Gasteiger partial charge in [-0.05, 0) is 24.6 Å². The smallest absolute Gasteiger partial charge is 0.410 e. The molecule has 1 amide bonds. The van der Waals surface area contributed by atoms with Crippen molar-refractivity contribution in [1.82, 2.24) is 9.88 Å². The zero-order valence-corrected chi connectivity index (χ0v) is 11.6. The van der Waals surface area contributed by atoms with Crippen LogP contribution in [0.25, 0.3) is 10.9 Å². The molecular formula is C15H14N2O4. The summed E-state index contributed by atoms with van der Waals surface area (Å²) in [5, 5.41) is 0.990. The lowest BCUT2D eigenvalue weighted by Crippen LogP contribution is -2.26. The first-order valence-electron chi connectivity index (χ1n) is 6.88. The second kappa shape index (κ2) is 4.51. The number of rotatable bonds is 1. The summed E-state index contributed by atoms with van der Waals surface area (Å²) in [5.41, 5.74) is 2.81. The maximum atomic E-state index is 11.8. The molecule has 3 heterocycles.